The van der Waals surface area contributed by atoms with Crippen molar-refractivity contribution in [3.63, 3.8) is 0 Å². The van der Waals surface area contributed by atoms with E-state index in [2.05, 4.69) is 31.1 Å². The fourth-order valence-electron chi connectivity index (χ4n) is 3.26. The number of nitrogens with zero attached hydrogens (tertiary/aromatic N) is 1. The summed E-state index contributed by atoms with van der Waals surface area (Å²) in [7, 11) is 2.20. The Kier molecular flexibility index (Phi) is 8.27. The van der Waals surface area contributed by atoms with E-state index in [-0.39, 0.29) is 5.97 Å². The quantitative estimate of drug-likeness (QED) is 0.665. The maximum Gasteiger partial charge on any atom is 0.326 e. The van der Waals surface area contributed by atoms with Gasteiger partial charge in [0, 0.05) is 6.04 Å². The van der Waals surface area contributed by atoms with Crippen molar-refractivity contribution >= 4 is 5.97 Å². The van der Waals surface area contributed by atoms with Crippen LogP contribution in [0.1, 0.15) is 65.7 Å². The summed E-state index contributed by atoms with van der Waals surface area (Å²) in [5.41, 5.74) is -0.463. The van der Waals surface area contributed by atoms with E-state index in [1.54, 1.807) is 0 Å². The minimum atomic E-state index is -0.463. The first-order valence-electron chi connectivity index (χ1n) is 8.72. The van der Waals surface area contributed by atoms with Gasteiger partial charge < -0.3 is 15.0 Å². The van der Waals surface area contributed by atoms with Crippen LogP contribution in [0.5, 0.6) is 0 Å². The molecule has 124 valence electrons. The molecular formula is C17H34N2O2. The molecule has 4 nitrogen and oxygen atoms in total. The molecule has 1 saturated carbocycles. The first-order chi connectivity index (χ1) is 10.1. The van der Waals surface area contributed by atoms with Gasteiger partial charge in [0.2, 0.25) is 0 Å². The lowest BCUT2D eigenvalue weighted by molar-refractivity contribution is -0.153. The zero-order chi connectivity index (χ0) is 15.7. The molecule has 1 aliphatic rings. The van der Waals surface area contributed by atoms with Crippen LogP contribution in [-0.4, -0.2) is 49.2 Å². The first kappa shape index (κ1) is 18.4. The molecule has 1 rings (SSSR count). The number of esters is 1. The number of hydrogen-bond acceptors (Lipinski definition) is 4. The Morgan fingerprint density at radius 3 is 2.71 bits per heavy atom. The standard InChI is InChI=1S/C17H34N2O2/c1-5-8-13-19(4)15-10-9-11-17(14-15,18-12-6-2)16(20)21-7-3/h15,18H,5-14H2,1-4H3. The molecule has 0 aromatic rings. The van der Waals surface area contributed by atoms with Crippen molar-refractivity contribution in [1.82, 2.24) is 10.2 Å². The van der Waals surface area contributed by atoms with E-state index in [4.69, 9.17) is 4.74 Å². The Morgan fingerprint density at radius 1 is 1.33 bits per heavy atom. The lowest BCUT2D eigenvalue weighted by Crippen LogP contribution is -2.58. The predicted octanol–water partition coefficient (Wildman–Crippen LogP) is 2.96. The van der Waals surface area contributed by atoms with Crippen LogP contribution in [0, 0.1) is 0 Å². The number of carbonyl (C=O) groups is 1. The van der Waals surface area contributed by atoms with Gasteiger partial charge >= 0.3 is 5.97 Å². The van der Waals surface area contributed by atoms with Crippen LogP contribution >= 0.6 is 0 Å². The molecule has 1 N–H and O–H groups in total. The zero-order valence-electron chi connectivity index (χ0n) is 14.4. The van der Waals surface area contributed by atoms with Gasteiger partial charge in [0.15, 0.2) is 0 Å². The van der Waals surface area contributed by atoms with Gasteiger partial charge in [-0.2, -0.15) is 0 Å². The average molecular weight is 298 g/mol. The van der Waals surface area contributed by atoms with Gasteiger partial charge in [0.05, 0.1) is 6.61 Å². The summed E-state index contributed by atoms with van der Waals surface area (Å²) in [6.45, 7) is 8.71. The third-order valence-electron chi connectivity index (χ3n) is 4.59. The molecule has 0 saturated heterocycles. The molecule has 0 radical (unpaired) electrons. The second-order valence-electron chi connectivity index (χ2n) is 6.31. The van der Waals surface area contributed by atoms with E-state index >= 15 is 0 Å². The highest BCUT2D eigenvalue weighted by atomic mass is 16.5. The summed E-state index contributed by atoms with van der Waals surface area (Å²) in [5.74, 6) is -0.0490. The molecule has 4 heteroatoms. The number of ether oxygens (including phenoxy) is 1. The second-order valence-corrected chi connectivity index (χ2v) is 6.31. The van der Waals surface area contributed by atoms with Crippen LogP contribution in [0.25, 0.3) is 0 Å². The van der Waals surface area contributed by atoms with Crippen molar-refractivity contribution in [1.29, 1.82) is 0 Å². The summed E-state index contributed by atoms with van der Waals surface area (Å²) in [6.07, 6.45) is 7.55. The van der Waals surface area contributed by atoms with Crippen molar-refractivity contribution in [3.05, 3.63) is 0 Å². The molecule has 1 aliphatic carbocycles. The van der Waals surface area contributed by atoms with Crippen LogP contribution in [0.4, 0.5) is 0 Å². The summed E-state index contributed by atoms with van der Waals surface area (Å²) in [4.78, 5) is 14.9. The van der Waals surface area contributed by atoms with Crippen LogP contribution in [0.3, 0.4) is 0 Å². The average Bonchev–Trinajstić information content (AvgIpc) is 2.51. The van der Waals surface area contributed by atoms with Gasteiger partial charge in [0.1, 0.15) is 5.54 Å². The van der Waals surface area contributed by atoms with Gasteiger partial charge in [-0.25, -0.2) is 0 Å². The smallest absolute Gasteiger partial charge is 0.326 e. The van der Waals surface area contributed by atoms with Crippen molar-refractivity contribution < 1.29 is 9.53 Å². The van der Waals surface area contributed by atoms with Gasteiger partial charge in [-0.05, 0) is 65.6 Å². The fourth-order valence-corrected chi connectivity index (χ4v) is 3.26. The van der Waals surface area contributed by atoms with Gasteiger partial charge in [-0.15, -0.1) is 0 Å². The van der Waals surface area contributed by atoms with Gasteiger partial charge in [-0.1, -0.05) is 20.3 Å². The Bertz CT molecular complexity index is 309. The van der Waals surface area contributed by atoms with Crippen molar-refractivity contribution in [2.45, 2.75) is 77.3 Å². The molecule has 2 atom stereocenters. The third-order valence-corrected chi connectivity index (χ3v) is 4.59. The lowest BCUT2D eigenvalue weighted by Gasteiger charge is -2.42. The maximum absolute atomic E-state index is 12.5. The van der Waals surface area contributed by atoms with E-state index in [1.165, 1.54) is 19.3 Å². The molecule has 0 aliphatic heterocycles. The van der Waals surface area contributed by atoms with Crippen LogP contribution in [0.15, 0.2) is 0 Å². The molecule has 1 fully saturated rings. The highest BCUT2D eigenvalue weighted by molar-refractivity contribution is 5.81. The Hall–Kier alpha value is -0.610. The van der Waals surface area contributed by atoms with Crippen LogP contribution in [-0.2, 0) is 9.53 Å². The van der Waals surface area contributed by atoms with E-state index in [0.717, 1.165) is 38.8 Å². The number of unbranched alkanes of at least 4 members (excludes halogenated alkanes) is 1. The monoisotopic (exact) mass is 298 g/mol. The summed E-state index contributed by atoms with van der Waals surface area (Å²) in [5, 5.41) is 3.51. The normalized spacial score (nSPS) is 26.0. The molecule has 2 unspecified atom stereocenters. The Morgan fingerprint density at radius 2 is 2.10 bits per heavy atom. The SMILES string of the molecule is CCCCN(C)C1CCCC(NCCC)(C(=O)OCC)C1. The number of hydrogen-bond donors (Lipinski definition) is 1. The molecule has 0 aromatic carbocycles. The predicted molar refractivity (Wildman–Crippen MR) is 87.5 cm³/mol. The summed E-state index contributed by atoms with van der Waals surface area (Å²) >= 11 is 0. The summed E-state index contributed by atoms with van der Waals surface area (Å²) < 4.78 is 5.37. The van der Waals surface area contributed by atoms with Crippen LogP contribution in [0.2, 0.25) is 0 Å². The molecule has 0 amide bonds. The van der Waals surface area contributed by atoms with E-state index in [1.807, 2.05) is 6.92 Å². The van der Waals surface area contributed by atoms with E-state index in [0.29, 0.717) is 12.6 Å². The van der Waals surface area contributed by atoms with Crippen molar-refractivity contribution in [2.75, 3.05) is 26.7 Å². The minimum Gasteiger partial charge on any atom is -0.465 e. The highest BCUT2D eigenvalue weighted by Gasteiger charge is 2.44. The number of rotatable bonds is 9. The van der Waals surface area contributed by atoms with Crippen LogP contribution < -0.4 is 5.32 Å². The van der Waals surface area contributed by atoms with Crippen molar-refractivity contribution in [3.8, 4) is 0 Å². The topological polar surface area (TPSA) is 41.6 Å². The van der Waals surface area contributed by atoms with Gasteiger partial charge in [0.25, 0.3) is 0 Å². The molecule has 0 bridgehead atoms. The molecule has 0 heterocycles. The minimum absolute atomic E-state index is 0.0490. The third kappa shape index (κ3) is 5.26. The zero-order valence-corrected chi connectivity index (χ0v) is 14.4. The summed E-state index contributed by atoms with van der Waals surface area (Å²) in [6, 6.07) is 0.485. The lowest BCUT2D eigenvalue weighted by atomic mass is 9.78. The van der Waals surface area contributed by atoms with Gasteiger partial charge in [-0.3, -0.25) is 4.79 Å². The Labute approximate surface area is 130 Å². The Balaban J connectivity index is 2.74. The number of carbonyl (C=O) groups excluding carboxylic acids is 1. The van der Waals surface area contributed by atoms with Crippen molar-refractivity contribution in [2.24, 2.45) is 0 Å². The second kappa shape index (κ2) is 9.42. The maximum atomic E-state index is 12.5. The molecular weight excluding hydrogens is 264 g/mol. The van der Waals surface area contributed by atoms with E-state index < -0.39 is 5.54 Å². The fraction of sp³-hybridized carbons (Fsp3) is 0.941. The largest absolute Gasteiger partial charge is 0.465 e. The number of nitrogens with one attached hydrogen (secondary N) is 1. The first-order valence-corrected chi connectivity index (χ1v) is 8.72. The molecule has 0 spiro atoms. The highest BCUT2D eigenvalue weighted by Crippen LogP contribution is 2.32. The molecule has 0 aromatic heterocycles. The van der Waals surface area contributed by atoms with E-state index in [9.17, 15) is 4.79 Å². The molecule has 21 heavy (non-hydrogen) atoms.